The molecule has 0 aromatic heterocycles. The molecule has 1 amide bonds. The Bertz CT molecular complexity index is 460. The van der Waals surface area contributed by atoms with E-state index in [0.717, 1.165) is 6.42 Å². The maximum atomic E-state index is 11.6. The van der Waals surface area contributed by atoms with Crippen LogP contribution < -0.4 is 10.1 Å². The molecule has 0 saturated carbocycles. The first-order valence-corrected chi connectivity index (χ1v) is 5.79. The molecule has 4 nitrogen and oxygen atoms in total. The maximum Gasteiger partial charge on any atom is 0.338 e. The maximum absolute atomic E-state index is 11.6. The molecule has 0 fully saturated rings. The van der Waals surface area contributed by atoms with Gasteiger partial charge in [0.05, 0.1) is 0 Å². The fraction of sp³-hybridized carbons (Fsp3) is 0.286. The van der Waals surface area contributed by atoms with E-state index < -0.39 is 0 Å². The summed E-state index contributed by atoms with van der Waals surface area (Å²) in [6, 6.07) is 6.65. The van der Waals surface area contributed by atoms with Gasteiger partial charge >= 0.3 is 5.97 Å². The summed E-state index contributed by atoms with van der Waals surface area (Å²) >= 11 is 0. The summed E-state index contributed by atoms with van der Waals surface area (Å²) in [5, 5.41) is 2.64. The lowest BCUT2D eigenvalue weighted by atomic mass is 10.2. The molecule has 0 aliphatic heterocycles. The number of amides is 1. The van der Waals surface area contributed by atoms with Crippen molar-refractivity contribution in [1.82, 2.24) is 0 Å². The van der Waals surface area contributed by atoms with Gasteiger partial charge in [0.1, 0.15) is 5.75 Å². The predicted octanol–water partition coefficient (Wildman–Crippen LogP) is 2.91. The van der Waals surface area contributed by atoms with Crippen molar-refractivity contribution in [2.75, 3.05) is 5.32 Å². The van der Waals surface area contributed by atoms with Crippen LogP contribution >= 0.6 is 0 Å². The van der Waals surface area contributed by atoms with Crippen LogP contribution in [0.3, 0.4) is 0 Å². The molecule has 1 aromatic rings. The molecule has 0 saturated heterocycles. The van der Waals surface area contributed by atoms with E-state index in [4.69, 9.17) is 4.74 Å². The lowest BCUT2D eigenvalue weighted by molar-refractivity contribution is -0.130. The molecule has 1 rings (SSSR count). The molecule has 0 aliphatic carbocycles. The molecule has 4 heteroatoms. The Hall–Kier alpha value is -2.10. The van der Waals surface area contributed by atoms with E-state index in [1.807, 2.05) is 13.0 Å². The second kappa shape index (κ2) is 6.59. The summed E-state index contributed by atoms with van der Waals surface area (Å²) in [6.07, 6.45) is 2.61. The zero-order valence-electron chi connectivity index (χ0n) is 10.8. The topological polar surface area (TPSA) is 55.4 Å². The number of anilines is 1. The van der Waals surface area contributed by atoms with Gasteiger partial charge in [-0.2, -0.15) is 0 Å². The molecule has 96 valence electrons. The van der Waals surface area contributed by atoms with Gasteiger partial charge in [-0.15, -0.1) is 0 Å². The molecule has 1 N–H and O–H groups in total. The minimum Gasteiger partial charge on any atom is -0.423 e. The summed E-state index contributed by atoms with van der Waals surface area (Å²) in [4.78, 5) is 22.4. The molecular formula is C14H17NO3. The van der Waals surface area contributed by atoms with Crippen LogP contribution in [0.25, 0.3) is 0 Å². The second-order valence-corrected chi connectivity index (χ2v) is 3.89. The summed E-state index contributed by atoms with van der Waals surface area (Å²) in [6.45, 7) is 5.11. The molecule has 18 heavy (non-hydrogen) atoms. The van der Waals surface area contributed by atoms with Crippen LogP contribution in [0, 0.1) is 0 Å². The van der Waals surface area contributed by atoms with E-state index in [0.29, 0.717) is 17.0 Å². The predicted molar refractivity (Wildman–Crippen MR) is 70.4 cm³/mol. The number of hydrogen-bond donors (Lipinski definition) is 1. The van der Waals surface area contributed by atoms with Gasteiger partial charge in [0.2, 0.25) is 5.91 Å². The fourth-order valence-electron chi connectivity index (χ4n) is 1.39. The van der Waals surface area contributed by atoms with Crippen molar-refractivity contribution in [1.29, 1.82) is 0 Å². The van der Waals surface area contributed by atoms with Crippen LogP contribution in [0.1, 0.15) is 27.2 Å². The second-order valence-electron chi connectivity index (χ2n) is 3.89. The first-order valence-electron chi connectivity index (χ1n) is 5.79. The Kier molecular flexibility index (Phi) is 5.11. The number of hydrogen-bond acceptors (Lipinski definition) is 3. The number of esters is 1. The van der Waals surface area contributed by atoms with Crippen LogP contribution in [-0.2, 0) is 9.59 Å². The Morgan fingerprint density at radius 3 is 2.33 bits per heavy atom. The third kappa shape index (κ3) is 4.41. The quantitative estimate of drug-likeness (QED) is 0.505. The largest absolute Gasteiger partial charge is 0.423 e. The number of nitrogens with one attached hydrogen (secondary N) is 1. The van der Waals surface area contributed by atoms with Gasteiger partial charge in [0.25, 0.3) is 0 Å². The lowest BCUT2D eigenvalue weighted by Gasteiger charge is -2.06. The van der Waals surface area contributed by atoms with Crippen molar-refractivity contribution in [3.05, 3.63) is 35.9 Å². The first-order chi connectivity index (χ1) is 8.52. The van der Waals surface area contributed by atoms with E-state index in [2.05, 4.69) is 5.32 Å². The van der Waals surface area contributed by atoms with E-state index >= 15 is 0 Å². The van der Waals surface area contributed by atoms with E-state index in [9.17, 15) is 9.59 Å². The highest BCUT2D eigenvalue weighted by Crippen LogP contribution is 2.16. The molecule has 0 radical (unpaired) electrons. The van der Waals surface area contributed by atoms with Crippen LogP contribution in [0.5, 0.6) is 5.75 Å². The van der Waals surface area contributed by atoms with E-state index in [1.54, 1.807) is 31.2 Å². The van der Waals surface area contributed by atoms with Crippen LogP contribution in [0.4, 0.5) is 5.69 Å². The first kappa shape index (κ1) is 14.0. The summed E-state index contributed by atoms with van der Waals surface area (Å²) < 4.78 is 5.17. The molecule has 0 bridgehead atoms. The molecule has 0 atom stereocenters. The van der Waals surface area contributed by atoms with Gasteiger partial charge in [0.15, 0.2) is 0 Å². The molecule has 1 aromatic carbocycles. The molecule has 0 spiro atoms. The zero-order valence-corrected chi connectivity index (χ0v) is 10.8. The molecule has 0 aliphatic rings. The minimum absolute atomic E-state index is 0.138. The third-order valence-corrected chi connectivity index (χ3v) is 2.22. The number of rotatable bonds is 4. The van der Waals surface area contributed by atoms with E-state index in [-0.39, 0.29) is 11.9 Å². The van der Waals surface area contributed by atoms with Gasteiger partial charge < -0.3 is 10.1 Å². The lowest BCUT2D eigenvalue weighted by Crippen LogP contribution is -2.09. The highest BCUT2D eigenvalue weighted by Gasteiger charge is 2.06. The van der Waals surface area contributed by atoms with Crippen molar-refractivity contribution >= 4 is 17.6 Å². The van der Waals surface area contributed by atoms with Crippen molar-refractivity contribution in [2.45, 2.75) is 27.2 Å². The standard InChI is InChI=1S/C14H17NO3/c1-4-5-10(2)14(17)18-13-8-6-12(7-9-13)15-11(3)16/h5-9H,4H2,1-3H3,(H,15,16)/b10-5-. The smallest absolute Gasteiger partial charge is 0.338 e. The number of allylic oxidation sites excluding steroid dienone is 1. The average molecular weight is 247 g/mol. The van der Waals surface area contributed by atoms with Crippen molar-refractivity contribution < 1.29 is 14.3 Å². The van der Waals surface area contributed by atoms with E-state index in [1.165, 1.54) is 6.92 Å². The Labute approximate surface area is 107 Å². The molecule has 0 heterocycles. The third-order valence-electron chi connectivity index (χ3n) is 2.22. The fourth-order valence-corrected chi connectivity index (χ4v) is 1.39. The summed E-state index contributed by atoms with van der Waals surface area (Å²) in [5.41, 5.74) is 1.26. The molecule has 0 unspecified atom stereocenters. The zero-order chi connectivity index (χ0) is 13.5. The highest BCUT2D eigenvalue weighted by atomic mass is 16.5. The Balaban J connectivity index is 2.66. The van der Waals surface area contributed by atoms with Crippen LogP contribution in [0.2, 0.25) is 0 Å². The van der Waals surface area contributed by atoms with Crippen molar-refractivity contribution in [2.24, 2.45) is 0 Å². The SMILES string of the molecule is CC/C=C(/C)C(=O)Oc1ccc(NC(C)=O)cc1. The van der Waals surface area contributed by atoms with Gasteiger partial charge in [-0.1, -0.05) is 13.0 Å². The number of ether oxygens (including phenoxy) is 1. The van der Waals surface area contributed by atoms with Gasteiger partial charge in [-0.25, -0.2) is 4.79 Å². The summed E-state index contributed by atoms with van der Waals surface area (Å²) in [5.74, 6) is -0.0384. The Morgan fingerprint density at radius 1 is 1.22 bits per heavy atom. The summed E-state index contributed by atoms with van der Waals surface area (Å²) in [7, 11) is 0. The minimum atomic E-state index is -0.357. The van der Waals surface area contributed by atoms with Gasteiger partial charge in [0, 0.05) is 18.2 Å². The molecular weight excluding hydrogens is 230 g/mol. The number of benzene rings is 1. The van der Waals surface area contributed by atoms with Crippen LogP contribution in [0.15, 0.2) is 35.9 Å². The highest BCUT2D eigenvalue weighted by molar-refractivity contribution is 5.90. The average Bonchev–Trinajstić information content (AvgIpc) is 2.31. The van der Waals surface area contributed by atoms with Crippen molar-refractivity contribution in [3.8, 4) is 5.75 Å². The Morgan fingerprint density at radius 2 is 1.83 bits per heavy atom. The van der Waals surface area contributed by atoms with Crippen molar-refractivity contribution in [3.63, 3.8) is 0 Å². The monoisotopic (exact) mass is 247 g/mol. The normalized spacial score (nSPS) is 10.9. The van der Waals surface area contributed by atoms with Gasteiger partial charge in [-0.05, 0) is 37.6 Å². The van der Waals surface area contributed by atoms with Crippen LogP contribution in [-0.4, -0.2) is 11.9 Å². The number of carbonyl (C=O) groups is 2. The van der Waals surface area contributed by atoms with Gasteiger partial charge in [-0.3, -0.25) is 4.79 Å². The number of carbonyl (C=O) groups excluding carboxylic acids is 2.